The fraction of sp³-hybridized carbons (Fsp3) is 0.933. The number of fused-ring (bicyclic) bond motifs is 2. The van der Waals surface area contributed by atoms with Crippen molar-refractivity contribution in [2.24, 2.45) is 23.7 Å². The molecule has 3 unspecified atom stereocenters. The van der Waals surface area contributed by atoms with Crippen LogP contribution >= 0.6 is 0 Å². The number of hydrogen-bond donors (Lipinski definition) is 2. The maximum atomic E-state index is 12.3. The highest BCUT2D eigenvalue weighted by Crippen LogP contribution is 2.48. The van der Waals surface area contributed by atoms with Crippen LogP contribution in [0.15, 0.2) is 0 Å². The maximum Gasteiger partial charge on any atom is 0.223 e. The van der Waals surface area contributed by atoms with E-state index in [1.807, 2.05) is 0 Å². The summed E-state index contributed by atoms with van der Waals surface area (Å²) in [5, 5.41) is 12.4. The lowest BCUT2D eigenvalue weighted by Crippen LogP contribution is -2.42. The van der Waals surface area contributed by atoms with Crippen molar-refractivity contribution in [1.82, 2.24) is 5.32 Å². The molecule has 3 atom stereocenters. The van der Waals surface area contributed by atoms with Gasteiger partial charge in [-0.1, -0.05) is 6.42 Å². The highest BCUT2D eigenvalue weighted by atomic mass is 16.3. The summed E-state index contributed by atoms with van der Waals surface area (Å²) in [5.74, 6) is 2.65. The number of carbonyl (C=O) groups excluding carboxylic acids is 1. The van der Waals surface area contributed by atoms with Crippen LogP contribution in [0.25, 0.3) is 0 Å². The van der Waals surface area contributed by atoms with Crippen LogP contribution in [-0.2, 0) is 4.79 Å². The molecule has 0 aliphatic heterocycles. The first-order valence-corrected chi connectivity index (χ1v) is 7.67. The Morgan fingerprint density at radius 2 is 1.83 bits per heavy atom. The molecule has 0 saturated heterocycles. The summed E-state index contributed by atoms with van der Waals surface area (Å²) in [7, 11) is 0. The quantitative estimate of drug-likeness (QED) is 0.807. The van der Waals surface area contributed by atoms with Gasteiger partial charge in [0.15, 0.2) is 0 Å². The summed E-state index contributed by atoms with van der Waals surface area (Å²) < 4.78 is 0. The Kier molecular flexibility index (Phi) is 3.60. The van der Waals surface area contributed by atoms with E-state index in [-0.39, 0.29) is 0 Å². The highest BCUT2D eigenvalue weighted by molar-refractivity contribution is 5.79. The number of carbonyl (C=O) groups is 1. The number of aliphatic hydroxyl groups excluding tert-OH is 1. The van der Waals surface area contributed by atoms with E-state index in [0.29, 0.717) is 36.3 Å². The van der Waals surface area contributed by atoms with E-state index in [0.717, 1.165) is 38.0 Å². The molecule has 2 bridgehead atoms. The third-order valence-corrected chi connectivity index (χ3v) is 5.53. The molecule has 0 aromatic heterocycles. The van der Waals surface area contributed by atoms with Gasteiger partial charge in [-0.05, 0) is 62.7 Å². The molecule has 3 nitrogen and oxygen atoms in total. The third-order valence-electron chi connectivity index (χ3n) is 5.53. The standard InChI is InChI=1S/C15H25NO2/c17-9-10-2-5-13(6-3-10)16-15(18)14-8-11-1-4-12(14)7-11/h10-14,17H,1-9H2,(H,16,18). The molecular weight excluding hydrogens is 226 g/mol. The average Bonchev–Trinajstić information content (AvgIpc) is 3.02. The number of hydrogen-bond acceptors (Lipinski definition) is 2. The second-order valence-corrected chi connectivity index (χ2v) is 6.69. The molecule has 102 valence electrons. The van der Waals surface area contributed by atoms with Gasteiger partial charge in [0.1, 0.15) is 0 Å². The lowest BCUT2D eigenvalue weighted by atomic mass is 9.85. The van der Waals surface area contributed by atoms with Gasteiger partial charge < -0.3 is 10.4 Å². The van der Waals surface area contributed by atoms with Crippen LogP contribution in [-0.4, -0.2) is 23.7 Å². The van der Waals surface area contributed by atoms with E-state index in [2.05, 4.69) is 5.32 Å². The number of amides is 1. The Morgan fingerprint density at radius 3 is 2.39 bits per heavy atom. The third kappa shape index (κ3) is 2.42. The van der Waals surface area contributed by atoms with Gasteiger partial charge in [-0.3, -0.25) is 4.79 Å². The van der Waals surface area contributed by atoms with Gasteiger partial charge in [-0.2, -0.15) is 0 Å². The van der Waals surface area contributed by atoms with Crippen molar-refractivity contribution in [3.05, 3.63) is 0 Å². The van der Waals surface area contributed by atoms with Gasteiger partial charge in [-0.15, -0.1) is 0 Å². The SMILES string of the molecule is O=C(NC1CCC(CO)CC1)C1CC2CCC1C2. The molecule has 3 aliphatic carbocycles. The van der Waals surface area contributed by atoms with E-state index in [1.54, 1.807) is 0 Å². The van der Waals surface area contributed by atoms with Crippen molar-refractivity contribution in [2.45, 2.75) is 57.4 Å². The molecule has 2 N–H and O–H groups in total. The minimum absolute atomic E-state index is 0.313. The molecular formula is C15H25NO2. The summed E-state index contributed by atoms with van der Waals surface area (Å²) in [4.78, 5) is 12.3. The van der Waals surface area contributed by atoms with E-state index >= 15 is 0 Å². The van der Waals surface area contributed by atoms with Crippen LogP contribution in [0.3, 0.4) is 0 Å². The number of rotatable bonds is 3. The Bertz CT molecular complexity index is 310. The summed E-state index contributed by atoms with van der Waals surface area (Å²) >= 11 is 0. The van der Waals surface area contributed by atoms with Crippen molar-refractivity contribution >= 4 is 5.91 Å². The van der Waals surface area contributed by atoms with Crippen LogP contribution in [0.4, 0.5) is 0 Å². The van der Waals surface area contributed by atoms with E-state index in [1.165, 1.54) is 19.3 Å². The van der Waals surface area contributed by atoms with Crippen LogP contribution in [0.5, 0.6) is 0 Å². The first-order chi connectivity index (χ1) is 8.76. The lowest BCUT2D eigenvalue weighted by molar-refractivity contribution is -0.127. The second kappa shape index (κ2) is 5.20. The normalized spacial score (nSPS) is 43.1. The highest BCUT2D eigenvalue weighted by Gasteiger charge is 2.43. The summed E-state index contributed by atoms with van der Waals surface area (Å²) in [5.41, 5.74) is 0. The molecule has 0 radical (unpaired) electrons. The smallest absolute Gasteiger partial charge is 0.223 e. The van der Waals surface area contributed by atoms with Gasteiger partial charge >= 0.3 is 0 Å². The summed E-state index contributed by atoms with van der Waals surface area (Å²) in [6, 6.07) is 0.374. The Hall–Kier alpha value is -0.570. The zero-order valence-corrected chi connectivity index (χ0v) is 11.1. The minimum Gasteiger partial charge on any atom is -0.396 e. The van der Waals surface area contributed by atoms with Crippen molar-refractivity contribution in [2.75, 3.05) is 6.61 Å². The Labute approximate surface area is 109 Å². The molecule has 3 saturated carbocycles. The second-order valence-electron chi connectivity index (χ2n) is 6.69. The Balaban J connectivity index is 1.47. The molecule has 18 heavy (non-hydrogen) atoms. The largest absolute Gasteiger partial charge is 0.396 e. The van der Waals surface area contributed by atoms with Crippen molar-refractivity contribution in [3.8, 4) is 0 Å². The molecule has 3 fully saturated rings. The van der Waals surface area contributed by atoms with Crippen LogP contribution < -0.4 is 5.32 Å². The zero-order chi connectivity index (χ0) is 12.5. The van der Waals surface area contributed by atoms with Crippen LogP contribution in [0.2, 0.25) is 0 Å². The van der Waals surface area contributed by atoms with Crippen LogP contribution in [0, 0.1) is 23.7 Å². The molecule has 3 aliphatic rings. The molecule has 0 spiro atoms. The first-order valence-electron chi connectivity index (χ1n) is 7.67. The van der Waals surface area contributed by atoms with Gasteiger partial charge in [-0.25, -0.2) is 0 Å². The van der Waals surface area contributed by atoms with Gasteiger partial charge in [0, 0.05) is 18.6 Å². The summed E-state index contributed by atoms with van der Waals surface area (Å²) in [6.45, 7) is 0.313. The van der Waals surface area contributed by atoms with Crippen molar-refractivity contribution < 1.29 is 9.90 Å². The van der Waals surface area contributed by atoms with Gasteiger partial charge in [0.2, 0.25) is 5.91 Å². The maximum absolute atomic E-state index is 12.3. The van der Waals surface area contributed by atoms with Crippen molar-refractivity contribution in [1.29, 1.82) is 0 Å². The van der Waals surface area contributed by atoms with Crippen molar-refractivity contribution in [3.63, 3.8) is 0 Å². The Morgan fingerprint density at radius 1 is 1.06 bits per heavy atom. The number of aliphatic hydroxyl groups is 1. The van der Waals surface area contributed by atoms with E-state index < -0.39 is 0 Å². The predicted octanol–water partition coefficient (Wildman–Crippen LogP) is 2.09. The topological polar surface area (TPSA) is 49.3 Å². The molecule has 0 aromatic rings. The fourth-order valence-corrected chi connectivity index (χ4v) is 4.36. The average molecular weight is 251 g/mol. The molecule has 0 aromatic carbocycles. The number of nitrogens with one attached hydrogen (secondary N) is 1. The molecule has 1 amide bonds. The predicted molar refractivity (Wildman–Crippen MR) is 69.9 cm³/mol. The van der Waals surface area contributed by atoms with E-state index in [4.69, 9.17) is 5.11 Å². The first kappa shape index (κ1) is 12.5. The monoisotopic (exact) mass is 251 g/mol. The van der Waals surface area contributed by atoms with Gasteiger partial charge in [0.05, 0.1) is 0 Å². The lowest BCUT2D eigenvalue weighted by Gasteiger charge is -2.30. The molecule has 3 rings (SSSR count). The molecule has 3 heteroatoms. The van der Waals surface area contributed by atoms with Gasteiger partial charge in [0.25, 0.3) is 0 Å². The zero-order valence-electron chi connectivity index (χ0n) is 11.1. The van der Waals surface area contributed by atoms with Crippen LogP contribution in [0.1, 0.15) is 51.4 Å². The molecule has 0 heterocycles. The fourth-order valence-electron chi connectivity index (χ4n) is 4.36. The van der Waals surface area contributed by atoms with E-state index in [9.17, 15) is 4.79 Å². The minimum atomic E-state index is 0.313. The summed E-state index contributed by atoms with van der Waals surface area (Å²) in [6.07, 6.45) is 9.32.